The number of hydrogen-bond acceptors (Lipinski definition) is 6. The summed E-state index contributed by atoms with van der Waals surface area (Å²) in [5.41, 5.74) is 2.13. The van der Waals surface area contributed by atoms with E-state index in [4.69, 9.17) is 4.74 Å². The number of fused-ring (bicyclic) bond motifs is 1. The van der Waals surface area contributed by atoms with Crippen LogP contribution < -0.4 is 14.8 Å². The highest BCUT2D eigenvalue weighted by Gasteiger charge is 2.25. The van der Waals surface area contributed by atoms with Crippen molar-refractivity contribution in [3.05, 3.63) is 83.7 Å². The SMILES string of the molecule is COc1ccc(C(=O)NC2CCSc3ccccc32)cc1S(=O)(=O)NCCc1ccccn1. The number of thioether (sulfide) groups is 1. The molecule has 2 heterocycles. The lowest BCUT2D eigenvalue weighted by atomic mass is 10.0. The number of pyridine rings is 1. The fraction of sp³-hybridized carbons (Fsp3) is 0.250. The van der Waals surface area contributed by atoms with Crippen LogP contribution in [0.4, 0.5) is 0 Å². The highest BCUT2D eigenvalue weighted by molar-refractivity contribution is 7.99. The molecule has 1 unspecified atom stereocenters. The molecule has 0 spiro atoms. The third-order valence-corrected chi connectivity index (χ3v) is 7.98. The van der Waals surface area contributed by atoms with Crippen LogP contribution in [0, 0.1) is 0 Å². The predicted molar refractivity (Wildman–Crippen MR) is 128 cm³/mol. The van der Waals surface area contributed by atoms with Crippen LogP contribution in [0.5, 0.6) is 5.75 Å². The van der Waals surface area contributed by atoms with Gasteiger partial charge in [0.15, 0.2) is 0 Å². The molecule has 7 nitrogen and oxygen atoms in total. The zero-order valence-corrected chi connectivity index (χ0v) is 19.8. The Hall–Kier alpha value is -2.88. The third kappa shape index (κ3) is 5.55. The Labute approximate surface area is 198 Å². The van der Waals surface area contributed by atoms with E-state index in [1.807, 2.05) is 36.4 Å². The maximum absolute atomic E-state index is 13.0. The fourth-order valence-corrected chi connectivity index (χ4v) is 6.05. The van der Waals surface area contributed by atoms with Gasteiger partial charge in [-0.15, -0.1) is 11.8 Å². The summed E-state index contributed by atoms with van der Waals surface area (Å²) < 4.78 is 33.8. The molecule has 0 bridgehead atoms. The van der Waals surface area contributed by atoms with E-state index in [9.17, 15) is 13.2 Å². The molecular weight excluding hydrogens is 458 g/mol. The van der Waals surface area contributed by atoms with Crippen molar-refractivity contribution in [1.29, 1.82) is 0 Å². The van der Waals surface area contributed by atoms with Crippen LogP contribution >= 0.6 is 11.8 Å². The number of methoxy groups -OCH3 is 1. The Morgan fingerprint density at radius 3 is 2.76 bits per heavy atom. The van der Waals surface area contributed by atoms with Gasteiger partial charge in [-0.3, -0.25) is 9.78 Å². The highest BCUT2D eigenvalue weighted by atomic mass is 32.2. The number of ether oxygens (including phenoxy) is 1. The molecule has 0 saturated carbocycles. The molecule has 3 aromatic rings. The van der Waals surface area contributed by atoms with Gasteiger partial charge < -0.3 is 10.1 Å². The first-order chi connectivity index (χ1) is 16.0. The van der Waals surface area contributed by atoms with Crippen molar-refractivity contribution in [2.75, 3.05) is 19.4 Å². The average molecular weight is 484 g/mol. The van der Waals surface area contributed by atoms with Gasteiger partial charge in [0.2, 0.25) is 10.0 Å². The van der Waals surface area contributed by atoms with Crippen LogP contribution in [0.1, 0.15) is 34.1 Å². The largest absolute Gasteiger partial charge is 0.495 e. The third-order valence-electron chi connectivity index (χ3n) is 5.38. The maximum atomic E-state index is 13.0. The summed E-state index contributed by atoms with van der Waals surface area (Å²) in [4.78, 5) is 18.3. The smallest absolute Gasteiger partial charge is 0.251 e. The Morgan fingerprint density at radius 1 is 1.15 bits per heavy atom. The standard InChI is InChI=1S/C24H25N3O4S2/c1-31-21-10-9-17(24(28)27-20-12-15-32-22-8-3-2-7-19(20)22)16-23(21)33(29,30)26-14-11-18-6-4-5-13-25-18/h2-10,13,16,20,26H,11-12,14-15H2,1H3,(H,27,28). The summed E-state index contributed by atoms with van der Waals surface area (Å²) >= 11 is 1.77. The second-order valence-electron chi connectivity index (χ2n) is 7.54. The van der Waals surface area contributed by atoms with E-state index >= 15 is 0 Å². The summed E-state index contributed by atoms with van der Waals surface area (Å²) in [7, 11) is -2.50. The molecule has 1 aliphatic rings. The van der Waals surface area contributed by atoms with Crippen molar-refractivity contribution in [3.8, 4) is 5.75 Å². The Balaban J connectivity index is 1.51. The molecular formula is C24H25N3O4S2. The van der Waals surface area contributed by atoms with Crippen molar-refractivity contribution in [3.63, 3.8) is 0 Å². The number of rotatable bonds is 8. The van der Waals surface area contributed by atoms with Gasteiger partial charge in [0.1, 0.15) is 10.6 Å². The number of aromatic nitrogens is 1. The molecule has 172 valence electrons. The first-order valence-electron chi connectivity index (χ1n) is 10.6. The van der Waals surface area contributed by atoms with Crippen LogP contribution in [-0.4, -0.2) is 38.7 Å². The second-order valence-corrected chi connectivity index (χ2v) is 10.4. The molecule has 2 N–H and O–H groups in total. The van der Waals surface area contributed by atoms with E-state index in [1.165, 1.54) is 19.2 Å². The van der Waals surface area contributed by atoms with Gasteiger partial charge in [0, 0.05) is 41.1 Å². The maximum Gasteiger partial charge on any atom is 0.251 e. The molecule has 1 amide bonds. The van der Waals surface area contributed by atoms with Gasteiger partial charge in [-0.25, -0.2) is 13.1 Å². The highest BCUT2D eigenvalue weighted by Crippen LogP contribution is 2.36. The number of carbonyl (C=O) groups is 1. The Morgan fingerprint density at radius 2 is 1.97 bits per heavy atom. The van der Waals surface area contributed by atoms with Crippen LogP contribution in [0.2, 0.25) is 0 Å². The average Bonchev–Trinajstić information content (AvgIpc) is 2.84. The van der Waals surface area contributed by atoms with Gasteiger partial charge in [-0.1, -0.05) is 24.3 Å². The minimum Gasteiger partial charge on any atom is -0.495 e. The molecule has 9 heteroatoms. The van der Waals surface area contributed by atoms with E-state index in [-0.39, 0.29) is 34.7 Å². The first-order valence-corrected chi connectivity index (χ1v) is 13.0. The number of nitrogens with one attached hydrogen (secondary N) is 2. The van der Waals surface area contributed by atoms with Crippen LogP contribution in [0.15, 0.2) is 76.7 Å². The molecule has 2 aromatic carbocycles. The summed E-state index contributed by atoms with van der Waals surface area (Å²) in [5, 5.41) is 3.06. The Bertz CT molecular complexity index is 1230. The van der Waals surface area contributed by atoms with Crippen LogP contribution in [-0.2, 0) is 16.4 Å². The fourth-order valence-electron chi connectivity index (χ4n) is 3.70. The normalized spacial score (nSPS) is 15.5. The lowest BCUT2D eigenvalue weighted by molar-refractivity contribution is 0.0934. The molecule has 1 atom stereocenters. The summed E-state index contributed by atoms with van der Waals surface area (Å²) in [6, 6.07) is 17.8. The topological polar surface area (TPSA) is 97.4 Å². The number of benzene rings is 2. The van der Waals surface area contributed by atoms with Gasteiger partial charge >= 0.3 is 0 Å². The van der Waals surface area contributed by atoms with Crippen LogP contribution in [0.3, 0.4) is 0 Å². The molecule has 1 aliphatic heterocycles. The monoisotopic (exact) mass is 483 g/mol. The second kappa shape index (κ2) is 10.4. The van der Waals surface area contributed by atoms with Crippen molar-refractivity contribution >= 4 is 27.7 Å². The van der Waals surface area contributed by atoms with E-state index in [0.717, 1.165) is 28.3 Å². The van der Waals surface area contributed by atoms with E-state index < -0.39 is 10.0 Å². The molecule has 33 heavy (non-hydrogen) atoms. The minimum atomic E-state index is -3.90. The number of carbonyl (C=O) groups excluding carboxylic acids is 1. The first kappa shape index (κ1) is 23.3. The number of amides is 1. The zero-order valence-electron chi connectivity index (χ0n) is 18.2. The van der Waals surface area contributed by atoms with Crippen molar-refractivity contribution in [2.24, 2.45) is 0 Å². The van der Waals surface area contributed by atoms with Crippen molar-refractivity contribution < 1.29 is 17.9 Å². The lowest BCUT2D eigenvalue weighted by Gasteiger charge is -2.26. The number of hydrogen-bond donors (Lipinski definition) is 2. The lowest BCUT2D eigenvalue weighted by Crippen LogP contribution is -2.31. The molecule has 0 aliphatic carbocycles. The van der Waals surface area contributed by atoms with E-state index in [2.05, 4.69) is 15.0 Å². The van der Waals surface area contributed by atoms with Gasteiger partial charge in [-0.05, 0) is 48.4 Å². The van der Waals surface area contributed by atoms with Gasteiger partial charge in [0.25, 0.3) is 5.91 Å². The number of nitrogens with zero attached hydrogens (tertiary/aromatic N) is 1. The predicted octanol–water partition coefficient (Wildman–Crippen LogP) is 3.58. The molecule has 0 fully saturated rings. The van der Waals surface area contributed by atoms with Gasteiger partial charge in [-0.2, -0.15) is 0 Å². The Kier molecular flexibility index (Phi) is 7.32. The van der Waals surface area contributed by atoms with E-state index in [0.29, 0.717) is 6.42 Å². The molecule has 0 radical (unpaired) electrons. The zero-order chi connectivity index (χ0) is 23.3. The van der Waals surface area contributed by atoms with Crippen molar-refractivity contribution in [2.45, 2.75) is 28.7 Å². The molecule has 1 aromatic heterocycles. The summed E-state index contributed by atoms with van der Waals surface area (Å²) in [6.45, 7) is 0.176. The van der Waals surface area contributed by atoms with Gasteiger partial charge in [0.05, 0.1) is 13.2 Å². The molecule has 0 saturated heterocycles. The summed E-state index contributed by atoms with van der Waals surface area (Å²) in [5.74, 6) is 0.760. The summed E-state index contributed by atoms with van der Waals surface area (Å²) in [6.07, 6.45) is 2.92. The molecule has 4 rings (SSSR count). The van der Waals surface area contributed by atoms with Crippen LogP contribution in [0.25, 0.3) is 0 Å². The van der Waals surface area contributed by atoms with E-state index in [1.54, 1.807) is 30.1 Å². The quantitative estimate of drug-likeness (QED) is 0.508. The number of sulfonamides is 1. The van der Waals surface area contributed by atoms with Crippen molar-refractivity contribution in [1.82, 2.24) is 15.0 Å². The minimum absolute atomic E-state index is 0.0710.